The minimum Gasteiger partial charge on any atom is -0.355 e. The highest BCUT2D eigenvalue weighted by Crippen LogP contribution is 2.49. The van der Waals surface area contributed by atoms with Gasteiger partial charge in [-0.05, 0) is 58.6 Å². The highest BCUT2D eigenvalue weighted by molar-refractivity contribution is 6.36. The molecule has 2 heteroatoms. The van der Waals surface area contributed by atoms with Crippen LogP contribution in [0.15, 0.2) is 66.7 Å². The van der Waals surface area contributed by atoms with Crippen molar-refractivity contribution in [2.24, 2.45) is 0 Å². The van der Waals surface area contributed by atoms with Crippen molar-refractivity contribution in [2.75, 3.05) is 5.32 Å². The third-order valence-electron chi connectivity index (χ3n) is 6.31. The summed E-state index contributed by atoms with van der Waals surface area (Å²) in [4.78, 5) is 0. The van der Waals surface area contributed by atoms with Crippen molar-refractivity contribution in [1.29, 1.82) is 0 Å². The van der Waals surface area contributed by atoms with Crippen LogP contribution in [0.1, 0.15) is 51.7 Å². The molecule has 0 fully saturated rings. The van der Waals surface area contributed by atoms with Gasteiger partial charge < -0.3 is 5.32 Å². The quantitative estimate of drug-likeness (QED) is 0.542. The van der Waals surface area contributed by atoms with Crippen molar-refractivity contribution in [2.45, 2.75) is 51.4 Å². The summed E-state index contributed by atoms with van der Waals surface area (Å²) in [5.41, 5.74) is 8.54. The molecular formula is C26H28BN. The van der Waals surface area contributed by atoms with Crippen molar-refractivity contribution < 1.29 is 0 Å². The summed E-state index contributed by atoms with van der Waals surface area (Å²) in [5, 5.41) is 3.63. The second-order valence-corrected chi connectivity index (χ2v) is 9.29. The molecule has 2 radical (unpaired) electrons. The molecule has 0 aromatic heterocycles. The minimum atomic E-state index is 0.165. The van der Waals surface area contributed by atoms with Crippen LogP contribution < -0.4 is 10.8 Å². The molecule has 4 rings (SSSR count). The second kappa shape index (κ2) is 6.85. The van der Waals surface area contributed by atoms with E-state index in [2.05, 4.69) is 75.5 Å². The van der Waals surface area contributed by atoms with E-state index in [-0.39, 0.29) is 10.8 Å². The van der Waals surface area contributed by atoms with Gasteiger partial charge in [0.1, 0.15) is 7.85 Å². The minimum absolute atomic E-state index is 0.165. The highest BCUT2D eigenvalue weighted by atomic mass is 14.9. The molecule has 28 heavy (non-hydrogen) atoms. The van der Waals surface area contributed by atoms with Crippen molar-refractivity contribution in [3.05, 3.63) is 77.9 Å². The normalized spacial score (nSPS) is 17.0. The lowest BCUT2D eigenvalue weighted by Crippen LogP contribution is -2.34. The van der Waals surface area contributed by atoms with Crippen molar-refractivity contribution in [3.8, 4) is 11.1 Å². The zero-order valence-corrected chi connectivity index (χ0v) is 17.3. The molecule has 3 aromatic carbocycles. The maximum atomic E-state index is 6.23. The molecule has 0 bridgehead atoms. The number of hydrogen-bond donors (Lipinski definition) is 1. The van der Waals surface area contributed by atoms with E-state index in [1.54, 1.807) is 0 Å². The zero-order chi connectivity index (χ0) is 19.9. The summed E-state index contributed by atoms with van der Waals surface area (Å²) in [6.45, 7) is 9.48. The van der Waals surface area contributed by atoms with Crippen LogP contribution >= 0.6 is 0 Å². The topological polar surface area (TPSA) is 12.0 Å². The average molecular weight is 365 g/mol. The van der Waals surface area contributed by atoms with E-state index >= 15 is 0 Å². The van der Waals surface area contributed by atoms with Crippen molar-refractivity contribution in [1.82, 2.24) is 0 Å². The summed E-state index contributed by atoms with van der Waals surface area (Å²) >= 11 is 0. The molecule has 0 spiro atoms. The maximum Gasteiger partial charge on any atom is 0.116 e. The molecule has 1 aliphatic carbocycles. The van der Waals surface area contributed by atoms with Gasteiger partial charge in [-0.15, -0.1) is 0 Å². The molecule has 0 atom stereocenters. The van der Waals surface area contributed by atoms with Gasteiger partial charge in [0, 0.05) is 16.9 Å². The number of hydrogen-bond acceptors (Lipinski definition) is 1. The van der Waals surface area contributed by atoms with E-state index in [1.165, 1.54) is 35.1 Å². The molecule has 0 unspecified atom stereocenters. The Morgan fingerprint density at radius 3 is 1.93 bits per heavy atom. The fourth-order valence-corrected chi connectivity index (χ4v) is 4.33. The fourth-order valence-electron chi connectivity index (χ4n) is 4.33. The Labute approximate surface area is 170 Å². The standard InChI is InChI=1S/C26H28BN/c1-25(2)14-15-26(3,4)21-17-24(28-23-13-9-8-12-22(23)27)19(16-20(21)25)18-10-6-5-7-11-18/h5-13,16-17,28H,14-15H2,1-4H3. The predicted molar refractivity (Wildman–Crippen MR) is 122 cm³/mol. The number of nitrogens with one attached hydrogen (secondary N) is 1. The lowest BCUT2D eigenvalue weighted by atomic mass is 9.62. The Balaban J connectivity index is 1.94. The second-order valence-electron chi connectivity index (χ2n) is 9.29. The number of para-hydroxylation sites is 1. The molecule has 1 aliphatic rings. The monoisotopic (exact) mass is 365 g/mol. The van der Waals surface area contributed by atoms with Gasteiger partial charge in [0.2, 0.25) is 0 Å². The molecule has 0 aliphatic heterocycles. The van der Waals surface area contributed by atoms with E-state index in [0.717, 1.165) is 16.8 Å². The zero-order valence-electron chi connectivity index (χ0n) is 17.3. The molecule has 140 valence electrons. The summed E-state index contributed by atoms with van der Waals surface area (Å²) in [5.74, 6) is 0. The number of anilines is 2. The van der Waals surface area contributed by atoms with Crippen LogP contribution in [0.3, 0.4) is 0 Å². The Morgan fingerprint density at radius 1 is 0.714 bits per heavy atom. The van der Waals surface area contributed by atoms with Gasteiger partial charge in [0.05, 0.1) is 0 Å². The van der Waals surface area contributed by atoms with E-state index in [9.17, 15) is 0 Å². The molecule has 0 amide bonds. The Hall–Kier alpha value is -2.48. The Kier molecular flexibility index (Phi) is 4.61. The SMILES string of the molecule is [B]c1ccccc1Nc1cc2c(cc1-c1ccccc1)C(C)(C)CCC2(C)C. The lowest BCUT2D eigenvalue weighted by Gasteiger charge is -2.42. The Morgan fingerprint density at radius 2 is 1.29 bits per heavy atom. The van der Waals surface area contributed by atoms with Gasteiger partial charge >= 0.3 is 0 Å². The largest absolute Gasteiger partial charge is 0.355 e. The first-order chi connectivity index (χ1) is 13.3. The van der Waals surface area contributed by atoms with Crippen molar-refractivity contribution in [3.63, 3.8) is 0 Å². The molecule has 1 nitrogen and oxygen atoms in total. The van der Waals surface area contributed by atoms with Crippen LogP contribution in [0.4, 0.5) is 11.4 Å². The van der Waals surface area contributed by atoms with E-state index in [1.807, 2.05) is 24.3 Å². The van der Waals surface area contributed by atoms with Gasteiger partial charge in [-0.1, -0.05) is 81.7 Å². The van der Waals surface area contributed by atoms with Gasteiger partial charge in [0.15, 0.2) is 0 Å². The third kappa shape index (κ3) is 3.37. The predicted octanol–water partition coefficient (Wildman–Crippen LogP) is 6.24. The van der Waals surface area contributed by atoms with Crippen LogP contribution in [-0.4, -0.2) is 7.85 Å². The lowest BCUT2D eigenvalue weighted by molar-refractivity contribution is 0.332. The first-order valence-corrected chi connectivity index (χ1v) is 10.1. The van der Waals surface area contributed by atoms with E-state index in [0.29, 0.717) is 0 Å². The maximum absolute atomic E-state index is 6.23. The van der Waals surface area contributed by atoms with Gasteiger partial charge in [-0.2, -0.15) is 0 Å². The van der Waals surface area contributed by atoms with E-state index in [4.69, 9.17) is 7.85 Å². The van der Waals surface area contributed by atoms with Crippen LogP contribution in [0.5, 0.6) is 0 Å². The van der Waals surface area contributed by atoms with Gasteiger partial charge in [0.25, 0.3) is 0 Å². The smallest absolute Gasteiger partial charge is 0.116 e. The summed E-state index contributed by atoms with van der Waals surface area (Å²) in [6.07, 6.45) is 2.41. The molecule has 3 aromatic rings. The Bertz CT molecular complexity index is 1000. The summed E-state index contributed by atoms with van der Waals surface area (Å²) < 4.78 is 0. The molecule has 1 N–H and O–H groups in total. The third-order valence-corrected chi connectivity index (χ3v) is 6.31. The average Bonchev–Trinajstić information content (AvgIpc) is 2.68. The number of rotatable bonds is 3. The highest BCUT2D eigenvalue weighted by Gasteiger charge is 2.37. The molecule has 0 saturated carbocycles. The summed E-state index contributed by atoms with van der Waals surface area (Å²) in [7, 11) is 6.23. The van der Waals surface area contributed by atoms with E-state index < -0.39 is 0 Å². The summed E-state index contributed by atoms with van der Waals surface area (Å²) in [6, 6.07) is 23.4. The first kappa shape index (κ1) is 18.9. The molecule has 0 saturated heterocycles. The number of benzene rings is 3. The molecule has 0 heterocycles. The van der Waals surface area contributed by atoms with Gasteiger partial charge in [-0.3, -0.25) is 0 Å². The number of fused-ring (bicyclic) bond motifs is 1. The van der Waals surface area contributed by atoms with Crippen LogP contribution in [0, 0.1) is 0 Å². The van der Waals surface area contributed by atoms with Crippen LogP contribution in [-0.2, 0) is 10.8 Å². The molecular weight excluding hydrogens is 337 g/mol. The van der Waals surface area contributed by atoms with Crippen LogP contribution in [0.2, 0.25) is 0 Å². The van der Waals surface area contributed by atoms with Crippen molar-refractivity contribution >= 4 is 24.7 Å². The first-order valence-electron chi connectivity index (χ1n) is 10.1. The van der Waals surface area contributed by atoms with Crippen LogP contribution in [0.25, 0.3) is 11.1 Å². The fraction of sp³-hybridized carbons (Fsp3) is 0.308. The van der Waals surface area contributed by atoms with Gasteiger partial charge in [-0.25, -0.2) is 0 Å².